The van der Waals surface area contributed by atoms with E-state index in [1.807, 2.05) is 6.92 Å². The molecule has 1 fully saturated rings. The number of hydrogen-bond donors (Lipinski definition) is 2. The molecule has 1 saturated carbocycles. The molecule has 1 aromatic rings. The third-order valence-electron chi connectivity index (χ3n) is 3.60. The van der Waals surface area contributed by atoms with E-state index in [2.05, 4.69) is 15.3 Å². The van der Waals surface area contributed by atoms with Gasteiger partial charge in [0.05, 0.1) is 12.5 Å². The minimum absolute atomic E-state index is 0.0839. The number of carboxylic acids is 1. The topological polar surface area (TPSA) is 84.3 Å². The molecule has 2 unspecified atom stereocenters. The molecule has 20 heavy (non-hydrogen) atoms. The van der Waals surface area contributed by atoms with Gasteiger partial charge in [0.15, 0.2) is 0 Å². The highest BCUT2D eigenvalue weighted by atomic mass is 16.5. The first-order valence-corrected chi connectivity index (χ1v) is 7.15. The molecule has 0 aliphatic heterocycles. The Morgan fingerprint density at radius 2 is 2.20 bits per heavy atom. The molecular weight excluding hydrogens is 258 g/mol. The molecule has 1 aromatic heterocycles. The van der Waals surface area contributed by atoms with Gasteiger partial charge in [0.1, 0.15) is 12.1 Å². The van der Waals surface area contributed by atoms with Crippen molar-refractivity contribution in [2.45, 2.75) is 45.1 Å². The van der Waals surface area contributed by atoms with Gasteiger partial charge in [-0.15, -0.1) is 0 Å². The lowest BCUT2D eigenvalue weighted by Gasteiger charge is -2.23. The van der Waals surface area contributed by atoms with E-state index < -0.39 is 5.97 Å². The van der Waals surface area contributed by atoms with Crippen LogP contribution in [0.1, 0.15) is 39.0 Å². The van der Waals surface area contributed by atoms with Gasteiger partial charge < -0.3 is 15.2 Å². The summed E-state index contributed by atoms with van der Waals surface area (Å²) >= 11 is 0. The fraction of sp³-hybridized carbons (Fsp3) is 0.643. The second-order valence-electron chi connectivity index (χ2n) is 5.01. The largest absolute Gasteiger partial charge is 0.481 e. The molecule has 2 N–H and O–H groups in total. The van der Waals surface area contributed by atoms with E-state index in [1.165, 1.54) is 6.33 Å². The number of nitrogens with zero attached hydrogens (tertiary/aromatic N) is 2. The summed E-state index contributed by atoms with van der Waals surface area (Å²) in [5.74, 6) is 0.0404. The molecule has 6 nitrogen and oxygen atoms in total. The number of aliphatic carboxylic acids is 1. The lowest BCUT2D eigenvalue weighted by molar-refractivity contribution is -0.142. The summed E-state index contributed by atoms with van der Waals surface area (Å²) in [4.78, 5) is 19.5. The van der Waals surface area contributed by atoms with Crippen molar-refractivity contribution in [2.75, 3.05) is 11.9 Å². The zero-order valence-corrected chi connectivity index (χ0v) is 11.7. The van der Waals surface area contributed by atoms with E-state index in [0.717, 1.165) is 32.1 Å². The van der Waals surface area contributed by atoms with Crippen LogP contribution in [0.25, 0.3) is 0 Å². The first-order valence-electron chi connectivity index (χ1n) is 7.15. The Kier molecular flexibility index (Phi) is 5.15. The molecule has 1 heterocycles. The number of aromatic nitrogens is 2. The standard InChI is InChI=1S/C14H21N3O3/c1-2-20-13-8-12(15-9-16-13)17-11-7-5-3-4-6-10(11)14(18)19/h8-11H,2-7H2,1H3,(H,18,19)(H,15,16,17). The third-order valence-corrected chi connectivity index (χ3v) is 3.60. The number of carboxylic acid groups (broad SMARTS) is 1. The minimum Gasteiger partial charge on any atom is -0.481 e. The van der Waals surface area contributed by atoms with Gasteiger partial charge in [-0.2, -0.15) is 0 Å². The summed E-state index contributed by atoms with van der Waals surface area (Å²) in [5.41, 5.74) is 0. The second-order valence-corrected chi connectivity index (χ2v) is 5.01. The number of nitrogens with one attached hydrogen (secondary N) is 1. The normalized spacial score (nSPS) is 22.9. The van der Waals surface area contributed by atoms with Crippen LogP contribution >= 0.6 is 0 Å². The minimum atomic E-state index is -0.733. The Bertz CT molecular complexity index is 453. The van der Waals surface area contributed by atoms with Gasteiger partial charge in [-0.1, -0.05) is 19.3 Å². The van der Waals surface area contributed by atoms with Crippen LogP contribution in [-0.4, -0.2) is 33.7 Å². The van der Waals surface area contributed by atoms with Crippen LogP contribution in [0.5, 0.6) is 5.88 Å². The van der Waals surface area contributed by atoms with E-state index in [-0.39, 0.29) is 12.0 Å². The molecular formula is C14H21N3O3. The summed E-state index contributed by atoms with van der Waals surface area (Å²) in [5, 5.41) is 12.6. The van der Waals surface area contributed by atoms with Crippen LogP contribution in [0.15, 0.2) is 12.4 Å². The van der Waals surface area contributed by atoms with Gasteiger partial charge in [-0.25, -0.2) is 9.97 Å². The summed E-state index contributed by atoms with van der Waals surface area (Å²) < 4.78 is 5.33. The summed E-state index contributed by atoms with van der Waals surface area (Å²) in [6, 6.07) is 1.63. The lowest BCUT2D eigenvalue weighted by atomic mass is 9.95. The van der Waals surface area contributed by atoms with E-state index in [1.54, 1.807) is 6.07 Å². The van der Waals surface area contributed by atoms with Crippen molar-refractivity contribution >= 4 is 11.8 Å². The molecule has 6 heteroatoms. The van der Waals surface area contributed by atoms with E-state index in [9.17, 15) is 9.90 Å². The summed E-state index contributed by atoms with van der Waals surface area (Å²) in [6.45, 7) is 2.43. The lowest BCUT2D eigenvalue weighted by Crippen LogP contribution is -2.34. The maximum atomic E-state index is 11.4. The highest BCUT2D eigenvalue weighted by molar-refractivity contribution is 5.71. The Labute approximate surface area is 118 Å². The van der Waals surface area contributed by atoms with Crippen molar-refractivity contribution in [3.8, 4) is 5.88 Å². The van der Waals surface area contributed by atoms with E-state index in [4.69, 9.17) is 4.74 Å². The van der Waals surface area contributed by atoms with Crippen LogP contribution in [0.3, 0.4) is 0 Å². The zero-order chi connectivity index (χ0) is 14.4. The number of hydrogen-bond acceptors (Lipinski definition) is 5. The van der Waals surface area contributed by atoms with Gasteiger partial charge in [0, 0.05) is 12.1 Å². The zero-order valence-electron chi connectivity index (χ0n) is 11.7. The van der Waals surface area contributed by atoms with Crippen molar-refractivity contribution < 1.29 is 14.6 Å². The summed E-state index contributed by atoms with van der Waals surface area (Å²) in [7, 11) is 0. The third kappa shape index (κ3) is 3.82. The Hall–Kier alpha value is -1.85. The molecule has 0 saturated heterocycles. The van der Waals surface area contributed by atoms with Crippen LogP contribution in [0.4, 0.5) is 5.82 Å². The number of carbonyl (C=O) groups is 1. The fourth-order valence-corrected chi connectivity index (χ4v) is 2.61. The van der Waals surface area contributed by atoms with Crippen LogP contribution in [-0.2, 0) is 4.79 Å². The molecule has 2 rings (SSSR count). The van der Waals surface area contributed by atoms with Gasteiger partial charge in [0.25, 0.3) is 0 Å². The monoisotopic (exact) mass is 279 g/mol. The highest BCUT2D eigenvalue weighted by Gasteiger charge is 2.29. The molecule has 1 aliphatic rings. The number of anilines is 1. The number of rotatable bonds is 5. The van der Waals surface area contributed by atoms with Crippen LogP contribution < -0.4 is 10.1 Å². The molecule has 0 aromatic carbocycles. The molecule has 0 spiro atoms. The van der Waals surface area contributed by atoms with Gasteiger partial charge in [-0.05, 0) is 19.8 Å². The van der Waals surface area contributed by atoms with E-state index >= 15 is 0 Å². The van der Waals surface area contributed by atoms with Crippen molar-refractivity contribution in [2.24, 2.45) is 5.92 Å². The van der Waals surface area contributed by atoms with Crippen molar-refractivity contribution in [3.63, 3.8) is 0 Å². The maximum absolute atomic E-state index is 11.4. The smallest absolute Gasteiger partial charge is 0.308 e. The van der Waals surface area contributed by atoms with Crippen molar-refractivity contribution in [3.05, 3.63) is 12.4 Å². The van der Waals surface area contributed by atoms with Gasteiger partial charge >= 0.3 is 5.97 Å². The van der Waals surface area contributed by atoms with Crippen LogP contribution in [0.2, 0.25) is 0 Å². The Morgan fingerprint density at radius 1 is 1.40 bits per heavy atom. The Morgan fingerprint density at radius 3 is 2.95 bits per heavy atom. The quantitative estimate of drug-likeness (QED) is 0.805. The van der Waals surface area contributed by atoms with Gasteiger partial charge in [-0.3, -0.25) is 4.79 Å². The predicted molar refractivity (Wildman–Crippen MR) is 74.8 cm³/mol. The van der Waals surface area contributed by atoms with Crippen molar-refractivity contribution in [1.82, 2.24) is 9.97 Å². The van der Waals surface area contributed by atoms with Crippen LogP contribution in [0, 0.1) is 5.92 Å². The number of ether oxygens (including phenoxy) is 1. The molecule has 0 bridgehead atoms. The molecule has 1 aliphatic carbocycles. The molecule has 110 valence electrons. The molecule has 0 radical (unpaired) electrons. The second kappa shape index (κ2) is 7.07. The summed E-state index contributed by atoms with van der Waals surface area (Å²) in [6.07, 6.45) is 6.12. The average Bonchev–Trinajstić information content (AvgIpc) is 2.65. The van der Waals surface area contributed by atoms with E-state index in [0.29, 0.717) is 18.3 Å². The maximum Gasteiger partial charge on any atom is 0.308 e. The fourth-order valence-electron chi connectivity index (χ4n) is 2.61. The SMILES string of the molecule is CCOc1cc(NC2CCCCCC2C(=O)O)ncn1. The Balaban J connectivity index is 2.09. The first-order chi connectivity index (χ1) is 9.70. The molecule has 2 atom stereocenters. The molecule has 0 amide bonds. The first kappa shape index (κ1) is 14.6. The highest BCUT2D eigenvalue weighted by Crippen LogP contribution is 2.26. The average molecular weight is 279 g/mol. The predicted octanol–water partition coefficient (Wildman–Crippen LogP) is 2.32. The van der Waals surface area contributed by atoms with Gasteiger partial charge in [0.2, 0.25) is 5.88 Å². The van der Waals surface area contributed by atoms with Crippen molar-refractivity contribution in [1.29, 1.82) is 0 Å².